The lowest BCUT2D eigenvalue weighted by Gasteiger charge is -2.17. The molecule has 0 saturated heterocycles. The van der Waals surface area contributed by atoms with Crippen molar-refractivity contribution in [2.75, 3.05) is 19.0 Å². The van der Waals surface area contributed by atoms with Crippen LogP contribution in [0, 0.1) is 0 Å². The van der Waals surface area contributed by atoms with Gasteiger partial charge in [-0.05, 0) is 13.8 Å². The van der Waals surface area contributed by atoms with Gasteiger partial charge in [0, 0.05) is 18.8 Å². The summed E-state index contributed by atoms with van der Waals surface area (Å²) in [5.74, 6) is 0.949. The average Bonchev–Trinajstić information content (AvgIpc) is 2.14. The normalized spacial score (nSPS) is 11.1. The van der Waals surface area contributed by atoms with Crippen molar-refractivity contribution < 1.29 is 9.84 Å². The minimum Gasteiger partial charge on any atom is -0.481 e. The number of anilines is 1. The fraction of sp³-hybridized carbons (Fsp3) is 0.556. The summed E-state index contributed by atoms with van der Waals surface area (Å²) in [6, 6.07) is 1.66. The molecule has 0 saturated carbocycles. The van der Waals surface area contributed by atoms with E-state index in [1.807, 2.05) is 0 Å². The number of nitrogens with zero attached hydrogens (tertiary/aromatic N) is 2. The standard InChI is InChI=1S/C9H15N3O2/c1-9(2,13)6-11-8-10-5-4-7(12-8)14-3/h4-5,13H,6H2,1-3H3,(H,10,11,12). The zero-order chi connectivity index (χ0) is 10.6. The average molecular weight is 197 g/mol. The summed E-state index contributed by atoms with van der Waals surface area (Å²) in [5.41, 5.74) is -0.785. The Hall–Kier alpha value is -1.36. The molecule has 0 spiro atoms. The van der Waals surface area contributed by atoms with E-state index in [-0.39, 0.29) is 0 Å². The van der Waals surface area contributed by atoms with E-state index in [4.69, 9.17) is 4.74 Å². The number of methoxy groups -OCH3 is 1. The lowest BCUT2D eigenvalue weighted by molar-refractivity contribution is 0.0943. The molecule has 0 amide bonds. The van der Waals surface area contributed by atoms with Crippen molar-refractivity contribution in [3.8, 4) is 5.88 Å². The third kappa shape index (κ3) is 3.57. The van der Waals surface area contributed by atoms with E-state index in [0.29, 0.717) is 18.4 Å². The highest BCUT2D eigenvalue weighted by molar-refractivity contribution is 5.27. The monoisotopic (exact) mass is 197 g/mol. The lowest BCUT2D eigenvalue weighted by atomic mass is 10.1. The predicted octanol–water partition coefficient (Wildman–Crippen LogP) is 0.668. The zero-order valence-corrected chi connectivity index (χ0v) is 8.61. The Balaban J connectivity index is 2.59. The first-order valence-electron chi connectivity index (χ1n) is 4.34. The molecule has 5 nitrogen and oxygen atoms in total. The van der Waals surface area contributed by atoms with Crippen LogP contribution in [0.5, 0.6) is 5.88 Å². The van der Waals surface area contributed by atoms with Gasteiger partial charge in [-0.25, -0.2) is 4.98 Å². The van der Waals surface area contributed by atoms with Gasteiger partial charge in [0.25, 0.3) is 0 Å². The topological polar surface area (TPSA) is 67.3 Å². The van der Waals surface area contributed by atoms with Crippen molar-refractivity contribution in [2.45, 2.75) is 19.4 Å². The Morgan fingerprint density at radius 1 is 1.57 bits per heavy atom. The van der Waals surface area contributed by atoms with E-state index in [2.05, 4.69) is 15.3 Å². The number of hydrogen-bond acceptors (Lipinski definition) is 5. The van der Waals surface area contributed by atoms with E-state index >= 15 is 0 Å². The van der Waals surface area contributed by atoms with E-state index < -0.39 is 5.60 Å². The minimum absolute atomic E-state index is 0.389. The first-order chi connectivity index (χ1) is 6.51. The van der Waals surface area contributed by atoms with E-state index in [9.17, 15) is 5.11 Å². The number of aliphatic hydroxyl groups is 1. The zero-order valence-electron chi connectivity index (χ0n) is 8.61. The molecule has 0 aromatic carbocycles. The molecular formula is C9H15N3O2. The number of ether oxygens (including phenoxy) is 1. The number of rotatable bonds is 4. The molecular weight excluding hydrogens is 182 g/mol. The lowest BCUT2D eigenvalue weighted by Crippen LogP contribution is -2.29. The Labute approximate surface area is 83.2 Å². The summed E-state index contributed by atoms with van der Waals surface area (Å²) in [6.45, 7) is 3.81. The van der Waals surface area contributed by atoms with Crippen molar-refractivity contribution in [2.24, 2.45) is 0 Å². The number of hydrogen-bond donors (Lipinski definition) is 2. The largest absolute Gasteiger partial charge is 0.481 e. The molecule has 1 rings (SSSR count). The Kier molecular flexibility index (Phi) is 3.24. The summed E-state index contributed by atoms with van der Waals surface area (Å²) in [4.78, 5) is 8.02. The maximum atomic E-state index is 9.46. The molecule has 1 aromatic rings. The van der Waals surface area contributed by atoms with Gasteiger partial charge < -0.3 is 15.2 Å². The van der Waals surface area contributed by atoms with Gasteiger partial charge in [0.1, 0.15) is 0 Å². The minimum atomic E-state index is -0.785. The number of aromatic nitrogens is 2. The van der Waals surface area contributed by atoms with Crippen molar-refractivity contribution in [1.82, 2.24) is 9.97 Å². The summed E-state index contributed by atoms with van der Waals surface area (Å²) >= 11 is 0. The van der Waals surface area contributed by atoms with Crippen LogP contribution in [0.4, 0.5) is 5.95 Å². The third-order valence-electron chi connectivity index (χ3n) is 1.52. The number of nitrogens with one attached hydrogen (secondary N) is 1. The predicted molar refractivity (Wildman–Crippen MR) is 53.4 cm³/mol. The fourth-order valence-corrected chi connectivity index (χ4v) is 0.836. The maximum Gasteiger partial charge on any atom is 0.226 e. The molecule has 0 bridgehead atoms. The highest BCUT2D eigenvalue weighted by Gasteiger charge is 2.12. The molecule has 5 heteroatoms. The summed E-state index contributed by atoms with van der Waals surface area (Å²) < 4.78 is 4.93. The quantitative estimate of drug-likeness (QED) is 0.742. The van der Waals surface area contributed by atoms with E-state index in [1.54, 1.807) is 33.2 Å². The first kappa shape index (κ1) is 10.7. The molecule has 0 aliphatic carbocycles. The Bertz CT molecular complexity index is 296. The van der Waals surface area contributed by atoms with Gasteiger partial charge in [-0.1, -0.05) is 0 Å². The van der Waals surface area contributed by atoms with Crippen LogP contribution < -0.4 is 10.1 Å². The van der Waals surface area contributed by atoms with Crippen LogP contribution in [0.25, 0.3) is 0 Å². The second-order valence-electron chi connectivity index (χ2n) is 3.59. The molecule has 0 unspecified atom stereocenters. The van der Waals surface area contributed by atoms with Crippen molar-refractivity contribution in [3.63, 3.8) is 0 Å². The molecule has 0 radical (unpaired) electrons. The van der Waals surface area contributed by atoms with Crippen LogP contribution in [0.1, 0.15) is 13.8 Å². The van der Waals surface area contributed by atoms with Crippen molar-refractivity contribution in [1.29, 1.82) is 0 Å². The van der Waals surface area contributed by atoms with Crippen molar-refractivity contribution >= 4 is 5.95 Å². The van der Waals surface area contributed by atoms with Gasteiger partial charge >= 0.3 is 0 Å². The van der Waals surface area contributed by atoms with E-state index in [0.717, 1.165) is 0 Å². The fourth-order valence-electron chi connectivity index (χ4n) is 0.836. The first-order valence-corrected chi connectivity index (χ1v) is 4.34. The highest BCUT2D eigenvalue weighted by atomic mass is 16.5. The second-order valence-corrected chi connectivity index (χ2v) is 3.59. The summed E-state index contributed by atoms with van der Waals surface area (Å²) in [6.07, 6.45) is 1.60. The molecule has 14 heavy (non-hydrogen) atoms. The molecule has 0 fully saturated rings. The van der Waals surface area contributed by atoms with E-state index in [1.165, 1.54) is 0 Å². The third-order valence-corrected chi connectivity index (χ3v) is 1.52. The van der Waals surface area contributed by atoms with Crippen LogP contribution >= 0.6 is 0 Å². The van der Waals surface area contributed by atoms with Crippen LogP contribution in [-0.2, 0) is 0 Å². The molecule has 0 aliphatic rings. The van der Waals surface area contributed by atoms with Crippen LogP contribution in [0.2, 0.25) is 0 Å². The Morgan fingerprint density at radius 2 is 2.29 bits per heavy atom. The summed E-state index contributed by atoms with van der Waals surface area (Å²) in [7, 11) is 1.54. The molecule has 2 N–H and O–H groups in total. The van der Waals surface area contributed by atoms with Crippen LogP contribution in [0.15, 0.2) is 12.3 Å². The van der Waals surface area contributed by atoms with Gasteiger partial charge in [-0.15, -0.1) is 0 Å². The van der Waals surface area contributed by atoms with Crippen LogP contribution in [0.3, 0.4) is 0 Å². The van der Waals surface area contributed by atoms with Gasteiger partial charge in [0.15, 0.2) is 0 Å². The smallest absolute Gasteiger partial charge is 0.226 e. The van der Waals surface area contributed by atoms with Gasteiger partial charge in [-0.2, -0.15) is 4.98 Å². The molecule has 1 aromatic heterocycles. The van der Waals surface area contributed by atoms with Crippen LogP contribution in [-0.4, -0.2) is 34.3 Å². The van der Waals surface area contributed by atoms with Gasteiger partial charge in [0.05, 0.1) is 12.7 Å². The molecule has 78 valence electrons. The maximum absolute atomic E-state index is 9.46. The second kappa shape index (κ2) is 4.23. The van der Waals surface area contributed by atoms with Crippen molar-refractivity contribution in [3.05, 3.63) is 12.3 Å². The highest BCUT2D eigenvalue weighted by Crippen LogP contribution is 2.08. The van der Waals surface area contributed by atoms with Gasteiger partial charge in [0.2, 0.25) is 11.8 Å². The SMILES string of the molecule is COc1ccnc(NCC(C)(C)O)n1. The summed E-state index contributed by atoms with van der Waals surface area (Å²) in [5, 5.41) is 12.4. The van der Waals surface area contributed by atoms with Gasteiger partial charge in [-0.3, -0.25) is 0 Å². The molecule has 0 aliphatic heterocycles. The molecule has 0 atom stereocenters. The Morgan fingerprint density at radius 3 is 2.86 bits per heavy atom. The molecule has 1 heterocycles.